The van der Waals surface area contributed by atoms with E-state index in [2.05, 4.69) is 20.8 Å². The van der Waals surface area contributed by atoms with Crippen LogP contribution in [-0.2, 0) is 7.05 Å². The third-order valence-electron chi connectivity index (χ3n) is 2.04. The Kier molecular flexibility index (Phi) is 2.92. The first kappa shape index (κ1) is 11.4. The Morgan fingerprint density at radius 3 is 2.47 bits per heavy atom. The van der Waals surface area contributed by atoms with Crippen molar-refractivity contribution in [3.8, 4) is 0 Å². The standard InChI is InChI=1S/C8H15N5O2/c1-8(2,3)5(9-7(14)15)6-10-11-12-13(6)4/h5,9H,1-4H3,(H,14,15)/t5-/m1/s1. The first-order valence-electron chi connectivity index (χ1n) is 4.54. The molecule has 1 aromatic heterocycles. The molecule has 0 spiro atoms. The predicted octanol–water partition coefficient (Wildman–Crippen LogP) is 0.565. The maximum atomic E-state index is 10.7. The topological polar surface area (TPSA) is 92.9 Å². The van der Waals surface area contributed by atoms with Crippen LogP contribution in [0.2, 0.25) is 0 Å². The van der Waals surface area contributed by atoms with E-state index in [1.807, 2.05) is 20.8 Å². The van der Waals surface area contributed by atoms with Crippen LogP contribution in [0.25, 0.3) is 0 Å². The molecule has 7 nitrogen and oxygen atoms in total. The van der Waals surface area contributed by atoms with Gasteiger partial charge in [-0.05, 0) is 15.8 Å². The van der Waals surface area contributed by atoms with Crippen LogP contribution < -0.4 is 5.32 Å². The van der Waals surface area contributed by atoms with Crippen LogP contribution in [0.3, 0.4) is 0 Å². The number of amides is 1. The summed E-state index contributed by atoms with van der Waals surface area (Å²) in [6, 6.07) is -0.435. The molecule has 7 heteroatoms. The van der Waals surface area contributed by atoms with E-state index in [0.717, 1.165) is 0 Å². The van der Waals surface area contributed by atoms with Gasteiger partial charge in [0.25, 0.3) is 0 Å². The molecule has 2 N–H and O–H groups in total. The van der Waals surface area contributed by atoms with Gasteiger partial charge in [-0.2, -0.15) is 0 Å². The lowest BCUT2D eigenvalue weighted by atomic mass is 9.86. The highest BCUT2D eigenvalue weighted by molar-refractivity contribution is 5.65. The number of tetrazole rings is 1. The van der Waals surface area contributed by atoms with Crippen molar-refractivity contribution >= 4 is 6.09 Å². The second-order valence-corrected chi connectivity index (χ2v) is 4.41. The zero-order valence-corrected chi connectivity index (χ0v) is 9.22. The lowest BCUT2D eigenvalue weighted by Gasteiger charge is -2.28. The predicted molar refractivity (Wildman–Crippen MR) is 52.2 cm³/mol. The van der Waals surface area contributed by atoms with Gasteiger partial charge in [-0.15, -0.1) is 5.10 Å². The summed E-state index contributed by atoms with van der Waals surface area (Å²) in [6.07, 6.45) is -1.09. The summed E-state index contributed by atoms with van der Waals surface area (Å²) in [7, 11) is 1.68. The molecule has 1 amide bonds. The molecule has 84 valence electrons. The van der Waals surface area contributed by atoms with Crippen molar-refractivity contribution in [3.05, 3.63) is 5.82 Å². The van der Waals surface area contributed by atoms with Gasteiger partial charge in [0.05, 0.1) is 6.04 Å². The molecule has 0 radical (unpaired) electrons. The van der Waals surface area contributed by atoms with E-state index >= 15 is 0 Å². The quantitative estimate of drug-likeness (QED) is 0.749. The van der Waals surface area contributed by atoms with Crippen LogP contribution in [0.1, 0.15) is 32.6 Å². The number of rotatable bonds is 2. The van der Waals surface area contributed by atoms with E-state index in [4.69, 9.17) is 5.11 Å². The highest BCUT2D eigenvalue weighted by atomic mass is 16.4. The van der Waals surface area contributed by atoms with Gasteiger partial charge < -0.3 is 10.4 Å². The van der Waals surface area contributed by atoms with Gasteiger partial charge in [-0.3, -0.25) is 0 Å². The van der Waals surface area contributed by atoms with E-state index in [1.54, 1.807) is 7.05 Å². The van der Waals surface area contributed by atoms with Crippen LogP contribution in [-0.4, -0.2) is 31.4 Å². The SMILES string of the molecule is Cn1nnnc1[C@@H](NC(=O)O)C(C)(C)C. The maximum absolute atomic E-state index is 10.7. The van der Waals surface area contributed by atoms with Crippen LogP contribution in [0.5, 0.6) is 0 Å². The number of nitrogens with zero attached hydrogens (tertiary/aromatic N) is 4. The molecule has 0 saturated heterocycles. The Bertz CT molecular complexity index is 354. The van der Waals surface area contributed by atoms with Crippen molar-refractivity contribution < 1.29 is 9.90 Å². The molecule has 0 saturated carbocycles. The zero-order chi connectivity index (χ0) is 11.6. The van der Waals surface area contributed by atoms with Crippen molar-refractivity contribution in [1.82, 2.24) is 25.5 Å². The fraction of sp³-hybridized carbons (Fsp3) is 0.750. The molecule has 0 aromatic carbocycles. The summed E-state index contributed by atoms with van der Waals surface area (Å²) in [5.41, 5.74) is -0.291. The van der Waals surface area contributed by atoms with Gasteiger partial charge in [0.15, 0.2) is 5.82 Å². The van der Waals surface area contributed by atoms with Crippen molar-refractivity contribution in [2.45, 2.75) is 26.8 Å². The van der Waals surface area contributed by atoms with Crippen molar-refractivity contribution in [2.75, 3.05) is 0 Å². The first-order valence-corrected chi connectivity index (χ1v) is 4.54. The van der Waals surface area contributed by atoms with E-state index in [9.17, 15) is 4.79 Å². The van der Waals surface area contributed by atoms with Gasteiger partial charge in [0.1, 0.15) is 0 Å². The lowest BCUT2D eigenvalue weighted by molar-refractivity contribution is 0.171. The minimum atomic E-state index is -1.09. The molecule has 0 bridgehead atoms. The molecule has 0 aliphatic carbocycles. The number of carbonyl (C=O) groups is 1. The second-order valence-electron chi connectivity index (χ2n) is 4.41. The zero-order valence-electron chi connectivity index (χ0n) is 9.22. The molecule has 1 rings (SSSR count). The average Bonchev–Trinajstić information content (AvgIpc) is 2.45. The average molecular weight is 213 g/mol. The van der Waals surface area contributed by atoms with Crippen LogP contribution >= 0.6 is 0 Å². The van der Waals surface area contributed by atoms with Gasteiger partial charge >= 0.3 is 6.09 Å². The van der Waals surface area contributed by atoms with Gasteiger partial charge in [0, 0.05) is 7.05 Å². The van der Waals surface area contributed by atoms with Crippen molar-refractivity contribution in [2.24, 2.45) is 12.5 Å². The van der Waals surface area contributed by atoms with Gasteiger partial charge in [-0.1, -0.05) is 20.8 Å². The summed E-state index contributed by atoms with van der Waals surface area (Å²) in [5.74, 6) is 0.505. The molecule has 15 heavy (non-hydrogen) atoms. The molecule has 0 fully saturated rings. The Morgan fingerprint density at radius 1 is 1.53 bits per heavy atom. The Balaban J connectivity index is 3.02. The fourth-order valence-electron chi connectivity index (χ4n) is 1.27. The summed E-state index contributed by atoms with van der Waals surface area (Å²) >= 11 is 0. The van der Waals surface area contributed by atoms with Gasteiger partial charge in [0.2, 0.25) is 0 Å². The number of hydrogen-bond acceptors (Lipinski definition) is 4. The molecular formula is C8H15N5O2. The summed E-state index contributed by atoms with van der Waals surface area (Å²) in [6.45, 7) is 5.76. The lowest BCUT2D eigenvalue weighted by Crippen LogP contribution is -2.37. The molecule has 0 unspecified atom stereocenters. The first-order chi connectivity index (χ1) is 6.82. The van der Waals surface area contributed by atoms with Crippen LogP contribution in [0.15, 0.2) is 0 Å². The van der Waals surface area contributed by atoms with E-state index < -0.39 is 12.1 Å². The molecule has 1 heterocycles. The number of hydrogen-bond donors (Lipinski definition) is 2. The Hall–Kier alpha value is -1.66. The van der Waals surface area contributed by atoms with Gasteiger partial charge in [-0.25, -0.2) is 9.48 Å². The summed E-state index contributed by atoms with van der Waals surface area (Å²) in [4.78, 5) is 10.7. The number of nitrogens with one attached hydrogen (secondary N) is 1. The highest BCUT2D eigenvalue weighted by Gasteiger charge is 2.31. The van der Waals surface area contributed by atoms with E-state index in [-0.39, 0.29) is 5.41 Å². The Labute approximate surface area is 87.5 Å². The molecule has 1 aromatic rings. The highest BCUT2D eigenvalue weighted by Crippen LogP contribution is 2.30. The Morgan fingerprint density at radius 2 is 2.13 bits per heavy atom. The minimum Gasteiger partial charge on any atom is -0.465 e. The second kappa shape index (κ2) is 3.84. The largest absolute Gasteiger partial charge is 0.465 e. The maximum Gasteiger partial charge on any atom is 0.405 e. The molecular weight excluding hydrogens is 198 g/mol. The number of carboxylic acid groups (broad SMARTS) is 1. The van der Waals surface area contributed by atoms with Crippen LogP contribution in [0, 0.1) is 5.41 Å². The normalized spacial score (nSPS) is 13.6. The minimum absolute atomic E-state index is 0.291. The van der Waals surface area contributed by atoms with E-state index in [1.165, 1.54) is 4.68 Å². The fourth-order valence-corrected chi connectivity index (χ4v) is 1.27. The third kappa shape index (κ3) is 2.64. The number of aromatic nitrogens is 4. The molecule has 0 aliphatic heterocycles. The van der Waals surface area contributed by atoms with Crippen LogP contribution in [0.4, 0.5) is 4.79 Å². The van der Waals surface area contributed by atoms with Crippen molar-refractivity contribution in [1.29, 1.82) is 0 Å². The van der Waals surface area contributed by atoms with E-state index in [0.29, 0.717) is 5.82 Å². The third-order valence-corrected chi connectivity index (χ3v) is 2.04. The summed E-state index contributed by atoms with van der Waals surface area (Å²) < 4.78 is 1.46. The molecule has 1 atom stereocenters. The van der Waals surface area contributed by atoms with Crippen molar-refractivity contribution in [3.63, 3.8) is 0 Å². The molecule has 0 aliphatic rings. The monoisotopic (exact) mass is 213 g/mol. The smallest absolute Gasteiger partial charge is 0.405 e. The number of aryl methyl sites for hydroxylation is 1. The summed E-state index contributed by atoms with van der Waals surface area (Å²) in [5, 5.41) is 22.2.